The van der Waals surface area contributed by atoms with Crippen LogP contribution in [0, 0.1) is 0 Å². The maximum absolute atomic E-state index is 13.3. The van der Waals surface area contributed by atoms with Gasteiger partial charge in [-0.05, 0) is 49.7 Å². The molecule has 2 aromatic carbocycles. The Hall–Kier alpha value is -3.73. The molecule has 0 fully saturated rings. The molecule has 2 N–H and O–H groups in total. The lowest BCUT2D eigenvalue weighted by atomic mass is 9.79. The fourth-order valence-electron chi connectivity index (χ4n) is 3.80. The van der Waals surface area contributed by atoms with Crippen molar-refractivity contribution in [1.82, 2.24) is 20.2 Å². The van der Waals surface area contributed by atoms with Crippen molar-refractivity contribution in [2.75, 3.05) is 0 Å². The summed E-state index contributed by atoms with van der Waals surface area (Å²) in [7, 11) is 0. The van der Waals surface area contributed by atoms with Gasteiger partial charge in [-0.1, -0.05) is 30.3 Å². The average Bonchev–Trinajstić information content (AvgIpc) is 3.36. The zero-order valence-corrected chi connectivity index (χ0v) is 16.2. The number of fused-ring (bicyclic) bond motifs is 2. The summed E-state index contributed by atoms with van der Waals surface area (Å²) >= 11 is 0. The maximum Gasteiger partial charge on any atom is 0.191 e. The highest BCUT2D eigenvalue weighted by atomic mass is 16.1. The van der Waals surface area contributed by atoms with Gasteiger partial charge < -0.3 is 5.10 Å². The number of aromatic amines is 2. The minimum atomic E-state index is -0.643. The fraction of sp³-hybridized carbons (Fsp3) is 0.125. The summed E-state index contributed by atoms with van der Waals surface area (Å²) in [6, 6.07) is 19.7. The number of nitrogens with one attached hydrogen (secondary N) is 2. The maximum atomic E-state index is 13.3. The molecule has 0 amide bonds. The van der Waals surface area contributed by atoms with Crippen LogP contribution in [0.15, 0.2) is 73.1 Å². The van der Waals surface area contributed by atoms with Gasteiger partial charge in [0.25, 0.3) is 0 Å². The summed E-state index contributed by atoms with van der Waals surface area (Å²) in [5, 5.41) is 8.44. The van der Waals surface area contributed by atoms with E-state index in [1.165, 1.54) is 0 Å². The Morgan fingerprint density at radius 1 is 0.931 bits per heavy atom. The molecule has 0 bridgehead atoms. The Kier molecular flexibility index (Phi) is 3.84. The summed E-state index contributed by atoms with van der Waals surface area (Å²) in [6.07, 6.45) is 3.54. The van der Waals surface area contributed by atoms with Gasteiger partial charge in [0.05, 0.1) is 22.1 Å². The van der Waals surface area contributed by atoms with E-state index in [-0.39, 0.29) is 5.78 Å². The van der Waals surface area contributed by atoms with Gasteiger partial charge in [-0.2, -0.15) is 0 Å². The highest BCUT2D eigenvalue weighted by molar-refractivity contribution is 6.08. The van der Waals surface area contributed by atoms with Crippen LogP contribution in [0.3, 0.4) is 0 Å². The molecule has 5 nitrogen and oxygen atoms in total. The van der Waals surface area contributed by atoms with Crippen LogP contribution in [0.25, 0.3) is 33.1 Å². The number of nitrogens with zero attached hydrogens (tertiary/aromatic N) is 2. The van der Waals surface area contributed by atoms with Gasteiger partial charge in [0.2, 0.25) is 0 Å². The average molecular weight is 380 g/mol. The predicted molar refractivity (Wildman–Crippen MR) is 115 cm³/mol. The molecule has 0 aliphatic carbocycles. The van der Waals surface area contributed by atoms with E-state index in [1.54, 1.807) is 12.4 Å². The molecular formula is C24H20N4O. The molecule has 0 unspecified atom stereocenters. The van der Waals surface area contributed by atoms with Crippen molar-refractivity contribution in [3.8, 4) is 11.3 Å². The molecule has 0 aliphatic rings. The number of rotatable bonds is 4. The molecule has 0 spiro atoms. The van der Waals surface area contributed by atoms with Crippen LogP contribution < -0.4 is 0 Å². The quantitative estimate of drug-likeness (QED) is 0.417. The third kappa shape index (κ3) is 2.83. The number of hydrogen-bond acceptors (Lipinski definition) is 3. The normalized spacial score (nSPS) is 11.9. The van der Waals surface area contributed by atoms with Crippen LogP contribution in [-0.2, 0) is 5.41 Å². The number of carbonyl (C=O) groups is 1. The van der Waals surface area contributed by atoms with E-state index in [9.17, 15) is 4.79 Å². The number of Topliss-reactive ketones (excluding diaryl/α,β-unsaturated/α-hetero) is 1. The molecule has 142 valence electrons. The Labute approximate surface area is 167 Å². The van der Waals surface area contributed by atoms with E-state index in [2.05, 4.69) is 26.2 Å². The fourth-order valence-corrected chi connectivity index (χ4v) is 3.80. The largest absolute Gasteiger partial charge is 0.300 e. The molecule has 29 heavy (non-hydrogen) atoms. The molecule has 0 aliphatic heterocycles. The lowest BCUT2D eigenvalue weighted by Crippen LogP contribution is -2.29. The Morgan fingerprint density at radius 3 is 2.45 bits per heavy atom. The molecule has 3 aromatic heterocycles. The first-order chi connectivity index (χ1) is 14.0. The summed E-state index contributed by atoms with van der Waals surface area (Å²) in [4.78, 5) is 22.0. The summed E-state index contributed by atoms with van der Waals surface area (Å²) in [6.45, 7) is 3.90. The van der Waals surface area contributed by atoms with Crippen molar-refractivity contribution >= 4 is 27.6 Å². The van der Waals surface area contributed by atoms with Crippen molar-refractivity contribution in [2.45, 2.75) is 19.3 Å². The minimum Gasteiger partial charge on any atom is -0.300 e. The first kappa shape index (κ1) is 17.4. The van der Waals surface area contributed by atoms with Crippen LogP contribution >= 0.6 is 0 Å². The second-order valence-corrected chi connectivity index (χ2v) is 7.78. The number of H-pyrrole nitrogens is 2. The topological polar surface area (TPSA) is 74.4 Å². The van der Waals surface area contributed by atoms with Gasteiger partial charge in [-0.3, -0.25) is 14.9 Å². The monoisotopic (exact) mass is 380 g/mol. The first-order valence-corrected chi connectivity index (χ1v) is 9.55. The Bertz CT molecular complexity index is 1330. The summed E-state index contributed by atoms with van der Waals surface area (Å²) < 4.78 is 0. The molecule has 5 heteroatoms. The first-order valence-electron chi connectivity index (χ1n) is 9.55. The van der Waals surface area contributed by atoms with Crippen molar-refractivity contribution in [3.05, 3.63) is 84.3 Å². The molecule has 5 aromatic rings. The van der Waals surface area contributed by atoms with Crippen molar-refractivity contribution in [2.24, 2.45) is 0 Å². The van der Waals surface area contributed by atoms with Gasteiger partial charge in [-0.15, -0.1) is 0 Å². The minimum absolute atomic E-state index is 0.0180. The molecule has 0 radical (unpaired) electrons. The van der Waals surface area contributed by atoms with E-state index in [0.717, 1.165) is 38.6 Å². The lowest BCUT2D eigenvalue weighted by Gasteiger charge is -2.22. The van der Waals surface area contributed by atoms with Crippen LogP contribution in [0.2, 0.25) is 0 Å². The Balaban J connectivity index is 1.60. The Morgan fingerprint density at radius 2 is 1.69 bits per heavy atom. The van der Waals surface area contributed by atoms with E-state index in [4.69, 9.17) is 0 Å². The zero-order chi connectivity index (χ0) is 20.0. The van der Waals surface area contributed by atoms with Gasteiger partial charge >= 0.3 is 0 Å². The number of benzene rings is 2. The smallest absolute Gasteiger partial charge is 0.191 e. The van der Waals surface area contributed by atoms with Gasteiger partial charge in [-0.25, -0.2) is 4.98 Å². The van der Waals surface area contributed by atoms with Crippen molar-refractivity contribution < 1.29 is 4.79 Å². The standard InChI is InChI=1S/C24H20N4O/c1-24(2,17-6-4-3-5-7-17)23(29)21-13-16-12-18-20(14-19(16)26-21)27-28-22(18)15-8-10-25-11-9-15/h3-14,27-28H,1-2H3. The molecule has 0 saturated carbocycles. The molecular weight excluding hydrogens is 360 g/mol. The van der Waals surface area contributed by atoms with Gasteiger partial charge in [0.1, 0.15) is 5.69 Å². The predicted octanol–water partition coefficient (Wildman–Crippen LogP) is 5.27. The highest BCUT2D eigenvalue weighted by Gasteiger charge is 2.32. The number of hydrogen-bond donors (Lipinski definition) is 2. The van der Waals surface area contributed by atoms with E-state index in [0.29, 0.717) is 5.69 Å². The highest BCUT2D eigenvalue weighted by Crippen LogP contribution is 2.32. The van der Waals surface area contributed by atoms with E-state index < -0.39 is 5.41 Å². The molecule has 0 atom stereocenters. The number of pyridine rings is 1. The number of ketones is 1. The summed E-state index contributed by atoms with van der Waals surface area (Å²) in [5.74, 6) is 0.0180. The molecule has 3 heterocycles. The van der Waals surface area contributed by atoms with Crippen LogP contribution in [0.4, 0.5) is 0 Å². The molecule has 0 saturated heterocycles. The number of carbonyl (C=O) groups excluding carboxylic acids is 1. The van der Waals surface area contributed by atoms with Crippen molar-refractivity contribution in [1.29, 1.82) is 0 Å². The second-order valence-electron chi connectivity index (χ2n) is 7.78. The zero-order valence-electron chi connectivity index (χ0n) is 16.2. The summed E-state index contributed by atoms with van der Waals surface area (Å²) in [5.41, 5.74) is 4.63. The van der Waals surface area contributed by atoms with Crippen LogP contribution in [-0.4, -0.2) is 25.9 Å². The third-order valence-corrected chi connectivity index (χ3v) is 5.56. The molecule has 5 rings (SSSR count). The van der Waals surface area contributed by atoms with Gasteiger partial charge in [0.15, 0.2) is 5.78 Å². The number of aromatic nitrogens is 4. The van der Waals surface area contributed by atoms with E-state index in [1.807, 2.05) is 68.4 Å². The SMILES string of the molecule is CC(C)(C(=O)c1cc2cc3c(-c4ccncc4)[nH][nH]c3cc2n1)c1ccccc1. The van der Waals surface area contributed by atoms with Crippen molar-refractivity contribution in [3.63, 3.8) is 0 Å². The second kappa shape index (κ2) is 6.41. The van der Waals surface area contributed by atoms with Crippen LogP contribution in [0.1, 0.15) is 29.9 Å². The lowest BCUT2D eigenvalue weighted by molar-refractivity contribution is 0.0904. The third-order valence-electron chi connectivity index (χ3n) is 5.56. The van der Waals surface area contributed by atoms with E-state index >= 15 is 0 Å². The van der Waals surface area contributed by atoms with Gasteiger partial charge in [0, 0.05) is 28.7 Å². The van der Waals surface area contributed by atoms with Crippen LogP contribution in [0.5, 0.6) is 0 Å².